The summed E-state index contributed by atoms with van der Waals surface area (Å²) in [7, 11) is 0. The highest BCUT2D eigenvalue weighted by Gasteiger charge is 2.47. The van der Waals surface area contributed by atoms with E-state index in [2.05, 4.69) is 17.0 Å². The van der Waals surface area contributed by atoms with Gasteiger partial charge >= 0.3 is 5.97 Å². The van der Waals surface area contributed by atoms with Gasteiger partial charge in [-0.15, -0.1) is 0 Å². The lowest BCUT2D eigenvalue weighted by atomic mass is 9.84. The number of aldehydes is 1. The Morgan fingerprint density at radius 2 is 1.90 bits per heavy atom. The van der Waals surface area contributed by atoms with Crippen LogP contribution in [0.1, 0.15) is 25.3 Å². The number of hydrogen-bond donors (Lipinski definition) is 0. The quantitative estimate of drug-likeness (QED) is 0.630. The summed E-state index contributed by atoms with van der Waals surface area (Å²) >= 11 is 0. The fourth-order valence-corrected chi connectivity index (χ4v) is 3.24. The van der Waals surface area contributed by atoms with E-state index in [4.69, 9.17) is 4.74 Å². The molecule has 3 rings (SSSR count). The van der Waals surface area contributed by atoms with Crippen molar-refractivity contribution in [1.82, 2.24) is 4.90 Å². The SMILES string of the molecule is CC1=C(C=O)C2(CCN(Cc3ccccc3)CC2)OC1=O. The topological polar surface area (TPSA) is 46.6 Å². The van der Waals surface area contributed by atoms with Crippen LogP contribution in [-0.2, 0) is 20.9 Å². The van der Waals surface area contributed by atoms with E-state index in [-0.39, 0.29) is 5.97 Å². The molecular weight excluding hydrogens is 266 g/mol. The van der Waals surface area contributed by atoms with Crippen LogP contribution in [-0.4, -0.2) is 35.8 Å². The van der Waals surface area contributed by atoms with Crippen LogP contribution >= 0.6 is 0 Å². The Bertz CT molecular complexity index is 583. The molecule has 4 heteroatoms. The number of nitrogens with zero attached hydrogens (tertiary/aromatic N) is 1. The fourth-order valence-electron chi connectivity index (χ4n) is 3.24. The van der Waals surface area contributed by atoms with Gasteiger partial charge in [-0.3, -0.25) is 9.69 Å². The average Bonchev–Trinajstić information content (AvgIpc) is 2.73. The van der Waals surface area contributed by atoms with Crippen LogP contribution in [0.15, 0.2) is 41.5 Å². The third-order valence-electron chi connectivity index (χ3n) is 4.52. The third-order valence-corrected chi connectivity index (χ3v) is 4.52. The second-order valence-corrected chi connectivity index (χ2v) is 5.80. The van der Waals surface area contributed by atoms with Gasteiger partial charge in [-0.05, 0) is 12.5 Å². The molecule has 0 bridgehead atoms. The summed E-state index contributed by atoms with van der Waals surface area (Å²) in [6.45, 7) is 4.22. The lowest BCUT2D eigenvalue weighted by molar-refractivity contribution is -0.150. The van der Waals surface area contributed by atoms with Gasteiger partial charge in [0.2, 0.25) is 0 Å². The molecule has 0 amide bonds. The van der Waals surface area contributed by atoms with E-state index in [1.807, 2.05) is 18.2 Å². The molecule has 0 unspecified atom stereocenters. The van der Waals surface area contributed by atoms with Crippen LogP contribution in [0.2, 0.25) is 0 Å². The maximum Gasteiger partial charge on any atom is 0.335 e. The Morgan fingerprint density at radius 3 is 2.52 bits per heavy atom. The Labute approximate surface area is 124 Å². The van der Waals surface area contributed by atoms with Gasteiger partial charge in [0, 0.05) is 43.6 Å². The van der Waals surface area contributed by atoms with E-state index in [9.17, 15) is 9.59 Å². The predicted octanol–water partition coefficient (Wildman–Crippen LogP) is 2.09. The summed E-state index contributed by atoms with van der Waals surface area (Å²) in [5.74, 6) is -0.339. The molecule has 1 spiro atoms. The van der Waals surface area contributed by atoms with E-state index >= 15 is 0 Å². The third kappa shape index (κ3) is 2.51. The molecule has 1 aromatic rings. The minimum atomic E-state index is -0.671. The van der Waals surface area contributed by atoms with E-state index in [1.54, 1.807) is 6.92 Å². The monoisotopic (exact) mass is 285 g/mol. The first-order valence-corrected chi connectivity index (χ1v) is 7.31. The number of hydrogen-bond acceptors (Lipinski definition) is 4. The largest absolute Gasteiger partial charge is 0.451 e. The van der Waals surface area contributed by atoms with Gasteiger partial charge in [-0.1, -0.05) is 30.3 Å². The molecule has 4 nitrogen and oxygen atoms in total. The molecular formula is C17H19NO3. The van der Waals surface area contributed by atoms with Gasteiger partial charge in [0.25, 0.3) is 0 Å². The van der Waals surface area contributed by atoms with Gasteiger partial charge < -0.3 is 4.74 Å². The molecule has 1 fully saturated rings. The fraction of sp³-hybridized carbons (Fsp3) is 0.412. The summed E-state index contributed by atoms with van der Waals surface area (Å²) < 4.78 is 5.53. The summed E-state index contributed by atoms with van der Waals surface area (Å²) in [6, 6.07) is 10.3. The van der Waals surface area contributed by atoms with Crippen LogP contribution in [0.4, 0.5) is 0 Å². The van der Waals surface area contributed by atoms with Crippen LogP contribution in [0, 0.1) is 0 Å². The van der Waals surface area contributed by atoms with Gasteiger partial charge in [0.15, 0.2) is 6.29 Å². The molecule has 0 aromatic heterocycles. The van der Waals surface area contributed by atoms with Crippen LogP contribution < -0.4 is 0 Å². The molecule has 1 saturated heterocycles. The number of esters is 1. The van der Waals surface area contributed by atoms with Crippen molar-refractivity contribution in [3.8, 4) is 0 Å². The Hall–Kier alpha value is -1.94. The van der Waals surface area contributed by atoms with E-state index < -0.39 is 5.60 Å². The molecule has 0 saturated carbocycles. The molecule has 2 aliphatic rings. The molecule has 2 aliphatic heterocycles. The predicted molar refractivity (Wildman–Crippen MR) is 78.5 cm³/mol. The molecule has 0 aliphatic carbocycles. The molecule has 21 heavy (non-hydrogen) atoms. The summed E-state index contributed by atoms with van der Waals surface area (Å²) in [6.07, 6.45) is 2.18. The Kier molecular flexibility index (Phi) is 3.64. The van der Waals surface area contributed by atoms with E-state index in [0.717, 1.165) is 25.9 Å². The number of carbonyl (C=O) groups is 2. The second-order valence-electron chi connectivity index (χ2n) is 5.80. The lowest BCUT2D eigenvalue weighted by Crippen LogP contribution is -2.45. The highest BCUT2D eigenvalue weighted by molar-refractivity contribution is 6.00. The van der Waals surface area contributed by atoms with Crippen molar-refractivity contribution in [3.63, 3.8) is 0 Å². The van der Waals surface area contributed by atoms with E-state index in [0.29, 0.717) is 24.0 Å². The summed E-state index contributed by atoms with van der Waals surface area (Å²) in [5, 5.41) is 0. The first-order chi connectivity index (χ1) is 10.1. The molecule has 0 atom stereocenters. The zero-order valence-corrected chi connectivity index (χ0v) is 12.2. The Balaban J connectivity index is 1.68. The highest BCUT2D eigenvalue weighted by atomic mass is 16.6. The van der Waals surface area contributed by atoms with Crippen molar-refractivity contribution in [2.24, 2.45) is 0 Å². The standard InChI is InChI=1S/C17H19NO3/c1-13-15(12-19)17(21-16(13)20)7-9-18(10-8-17)11-14-5-3-2-4-6-14/h2-6,12H,7-11H2,1H3. The first-order valence-electron chi connectivity index (χ1n) is 7.31. The second kappa shape index (κ2) is 5.45. The van der Waals surface area contributed by atoms with Crippen LogP contribution in [0.3, 0.4) is 0 Å². The van der Waals surface area contributed by atoms with Gasteiger partial charge in [0.05, 0.1) is 0 Å². The maximum atomic E-state index is 11.7. The normalized spacial score (nSPS) is 21.7. The summed E-state index contributed by atoms with van der Waals surface area (Å²) in [4.78, 5) is 25.4. The van der Waals surface area contributed by atoms with Crippen LogP contribution in [0.5, 0.6) is 0 Å². The number of ether oxygens (including phenoxy) is 1. The molecule has 1 aromatic carbocycles. The first kappa shape index (κ1) is 14.0. The van der Waals surface area contributed by atoms with Crippen molar-refractivity contribution < 1.29 is 14.3 Å². The number of carbonyl (C=O) groups excluding carboxylic acids is 2. The molecule has 0 N–H and O–H groups in total. The van der Waals surface area contributed by atoms with Gasteiger partial charge in [-0.2, -0.15) is 0 Å². The molecule has 110 valence electrons. The van der Waals surface area contributed by atoms with Gasteiger partial charge in [-0.25, -0.2) is 4.79 Å². The van der Waals surface area contributed by atoms with Crippen molar-refractivity contribution in [3.05, 3.63) is 47.0 Å². The number of benzene rings is 1. The number of rotatable bonds is 3. The smallest absolute Gasteiger partial charge is 0.335 e. The number of likely N-dealkylation sites (tertiary alicyclic amines) is 1. The number of piperidine rings is 1. The van der Waals surface area contributed by atoms with Crippen molar-refractivity contribution in [2.75, 3.05) is 13.1 Å². The Morgan fingerprint density at radius 1 is 1.24 bits per heavy atom. The lowest BCUT2D eigenvalue weighted by Gasteiger charge is -2.38. The van der Waals surface area contributed by atoms with Crippen LogP contribution in [0.25, 0.3) is 0 Å². The zero-order valence-electron chi connectivity index (χ0n) is 12.2. The average molecular weight is 285 g/mol. The van der Waals surface area contributed by atoms with Crippen molar-refractivity contribution >= 4 is 12.3 Å². The minimum absolute atomic E-state index is 0.339. The molecule has 0 radical (unpaired) electrons. The van der Waals surface area contributed by atoms with Crippen molar-refractivity contribution in [1.29, 1.82) is 0 Å². The van der Waals surface area contributed by atoms with Crippen molar-refractivity contribution in [2.45, 2.75) is 31.9 Å². The van der Waals surface area contributed by atoms with Gasteiger partial charge in [0.1, 0.15) is 5.60 Å². The maximum absolute atomic E-state index is 11.7. The highest BCUT2D eigenvalue weighted by Crippen LogP contribution is 2.40. The summed E-state index contributed by atoms with van der Waals surface area (Å²) in [5.41, 5.74) is 1.63. The molecule has 2 heterocycles. The zero-order chi connectivity index (χ0) is 14.9. The van der Waals surface area contributed by atoms with E-state index in [1.165, 1.54) is 5.56 Å². The minimum Gasteiger partial charge on any atom is -0.451 e.